The van der Waals surface area contributed by atoms with Gasteiger partial charge < -0.3 is 10.4 Å². The number of carbonyl (C=O) groups excluding carboxylic acids is 1. The molecule has 22 heavy (non-hydrogen) atoms. The van der Waals surface area contributed by atoms with Crippen LogP contribution < -0.4 is 5.32 Å². The SMILES string of the molecule is O=C(O)C(F)(F)F.O=C1CC2(CCNCC2)c2ccccc21. The lowest BCUT2D eigenvalue weighted by atomic mass is 9.74. The van der Waals surface area contributed by atoms with Gasteiger partial charge in [0.1, 0.15) is 0 Å². The fourth-order valence-electron chi connectivity index (χ4n) is 3.04. The van der Waals surface area contributed by atoms with Crippen LogP contribution in [0.25, 0.3) is 0 Å². The average molecular weight is 315 g/mol. The highest BCUT2D eigenvalue weighted by Gasteiger charge is 2.43. The molecule has 120 valence electrons. The Kier molecular flexibility index (Phi) is 4.55. The highest BCUT2D eigenvalue weighted by atomic mass is 19.4. The van der Waals surface area contributed by atoms with E-state index in [1.54, 1.807) is 0 Å². The van der Waals surface area contributed by atoms with E-state index in [1.165, 1.54) is 5.56 Å². The molecule has 1 heterocycles. The Balaban J connectivity index is 0.000000217. The van der Waals surface area contributed by atoms with Crippen molar-refractivity contribution >= 4 is 11.8 Å². The maximum atomic E-state index is 11.9. The molecule has 0 unspecified atom stereocenters. The van der Waals surface area contributed by atoms with E-state index in [4.69, 9.17) is 9.90 Å². The van der Waals surface area contributed by atoms with Crippen molar-refractivity contribution in [2.45, 2.75) is 30.9 Å². The Morgan fingerprint density at radius 1 is 1.18 bits per heavy atom. The molecule has 4 nitrogen and oxygen atoms in total. The zero-order valence-corrected chi connectivity index (χ0v) is 11.7. The summed E-state index contributed by atoms with van der Waals surface area (Å²) in [5.74, 6) is -2.42. The summed E-state index contributed by atoms with van der Waals surface area (Å²) in [6, 6.07) is 8.15. The molecule has 0 aromatic heterocycles. The second-order valence-electron chi connectivity index (χ2n) is 5.48. The van der Waals surface area contributed by atoms with E-state index in [9.17, 15) is 18.0 Å². The molecule has 1 saturated heterocycles. The highest BCUT2D eigenvalue weighted by molar-refractivity contribution is 6.02. The van der Waals surface area contributed by atoms with Gasteiger partial charge in [0, 0.05) is 17.4 Å². The quantitative estimate of drug-likeness (QED) is 0.772. The number of benzene rings is 1. The molecular formula is C15H16F3NO3. The fourth-order valence-corrected chi connectivity index (χ4v) is 3.04. The van der Waals surface area contributed by atoms with E-state index < -0.39 is 12.1 Å². The van der Waals surface area contributed by atoms with Gasteiger partial charge in [-0.2, -0.15) is 13.2 Å². The summed E-state index contributed by atoms with van der Waals surface area (Å²) in [5, 5.41) is 10.5. The van der Waals surface area contributed by atoms with Gasteiger partial charge in [-0.15, -0.1) is 0 Å². The maximum absolute atomic E-state index is 11.9. The average Bonchev–Trinajstić information content (AvgIpc) is 2.73. The Labute approximate surface area is 125 Å². The van der Waals surface area contributed by atoms with Crippen LogP contribution in [0.15, 0.2) is 24.3 Å². The molecule has 1 aliphatic carbocycles. The minimum Gasteiger partial charge on any atom is -0.475 e. The lowest BCUT2D eigenvalue weighted by molar-refractivity contribution is -0.192. The van der Waals surface area contributed by atoms with Crippen LogP contribution in [0.4, 0.5) is 13.2 Å². The van der Waals surface area contributed by atoms with E-state index >= 15 is 0 Å². The first-order valence-corrected chi connectivity index (χ1v) is 6.90. The molecule has 0 saturated carbocycles. The number of carboxylic acids is 1. The van der Waals surface area contributed by atoms with Crippen LogP contribution in [0.2, 0.25) is 0 Å². The molecule has 7 heteroatoms. The molecule has 1 aromatic rings. The van der Waals surface area contributed by atoms with Gasteiger partial charge in [0.25, 0.3) is 0 Å². The molecule has 1 fully saturated rings. The number of ketones is 1. The normalized spacial score (nSPS) is 19.3. The zero-order valence-electron chi connectivity index (χ0n) is 11.7. The van der Waals surface area contributed by atoms with Gasteiger partial charge in [0.2, 0.25) is 0 Å². The van der Waals surface area contributed by atoms with Crippen molar-refractivity contribution in [2.24, 2.45) is 0 Å². The fraction of sp³-hybridized carbons (Fsp3) is 0.467. The smallest absolute Gasteiger partial charge is 0.475 e. The number of rotatable bonds is 0. The molecule has 3 rings (SSSR count). The van der Waals surface area contributed by atoms with Crippen molar-refractivity contribution in [2.75, 3.05) is 13.1 Å². The Morgan fingerprint density at radius 2 is 1.73 bits per heavy atom. The minimum atomic E-state index is -5.08. The van der Waals surface area contributed by atoms with Gasteiger partial charge in [-0.1, -0.05) is 24.3 Å². The second-order valence-corrected chi connectivity index (χ2v) is 5.48. The first kappa shape index (κ1) is 16.5. The summed E-state index contributed by atoms with van der Waals surface area (Å²) in [5.41, 5.74) is 2.44. The Hall–Kier alpha value is -1.89. The van der Waals surface area contributed by atoms with Crippen LogP contribution in [0.3, 0.4) is 0 Å². The third-order valence-electron chi connectivity index (χ3n) is 4.10. The third kappa shape index (κ3) is 3.30. The van der Waals surface area contributed by atoms with Crippen molar-refractivity contribution in [3.63, 3.8) is 0 Å². The predicted molar refractivity (Wildman–Crippen MR) is 72.9 cm³/mol. The van der Waals surface area contributed by atoms with E-state index in [0.29, 0.717) is 5.78 Å². The molecule has 2 aliphatic rings. The topological polar surface area (TPSA) is 66.4 Å². The number of hydrogen-bond donors (Lipinski definition) is 2. The Morgan fingerprint density at radius 3 is 2.27 bits per heavy atom. The van der Waals surface area contributed by atoms with E-state index in [1.807, 2.05) is 12.1 Å². The largest absolute Gasteiger partial charge is 0.490 e. The van der Waals surface area contributed by atoms with Crippen LogP contribution in [-0.4, -0.2) is 36.1 Å². The molecule has 1 aromatic carbocycles. The van der Waals surface area contributed by atoms with Gasteiger partial charge in [0.05, 0.1) is 0 Å². The minimum absolute atomic E-state index is 0.166. The Bertz CT molecular complexity index is 578. The number of piperidine rings is 1. The molecular weight excluding hydrogens is 299 g/mol. The molecule has 0 atom stereocenters. The van der Waals surface area contributed by atoms with Crippen LogP contribution in [0, 0.1) is 0 Å². The third-order valence-corrected chi connectivity index (χ3v) is 4.10. The van der Waals surface area contributed by atoms with Crippen molar-refractivity contribution in [1.82, 2.24) is 5.32 Å². The molecule has 0 radical (unpaired) electrons. The van der Waals surface area contributed by atoms with Gasteiger partial charge >= 0.3 is 12.1 Å². The van der Waals surface area contributed by atoms with Crippen molar-refractivity contribution in [1.29, 1.82) is 0 Å². The molecule has 0 amide bonds. The monoisotopic (exact) mass is 315 g/mol. The van der Waals surface area contributed by atoms with E-state index in [2.05, 4.69) is 17.4 Å². The van der Waals surface area contributed by atoms with E-state index in [0.717, 1.165) is 37.9 Å². The zero-order chi connectivity index (χ0) is 16.4. The molecule has 1 spiro atoms. The number of carbonyl (C=O) groups is 2. The lowest BCUT2D eigenvalue weighted by Gasteiger charge is -2.34. The van der Waals surface area contributed by atoms with Crippen LogP contribution in [0.5, 0.6) is 0 Å². The summed E-state index contributed by atoms with van der Waals surface area (Å²) in [6.07, 6.45) is -2.14. The van der Waals surface area contributed by atoms with Gasteiger partial charge in [-0.3, -0.25) is 4.79 Å². The molecule has 2 N–H and O–H groups in total. The van der Waals surface area contributed by atoms with Crippen LogP contribution in [0.1, 0.15) is 35.2 Å². The number of aliphatic carboxylic acids is 1. The number of halogens is 3. The summed E-state index contributed by atoms with van der Waals surface area (Å²) in [6.45, 7) is 2.09. The first-order chi connectivity index (χ1) is 10.3. The van der Waals surface area contributed by atoms with Crippen LogP contribution >= 0.6 is 0 Å². The van der Waals surface area contributed by atoms with Crippen LogP contribution in [-0.2, 0) is 10.2 Å². The highest BCUT2D eigenvalue weighted by Crippen LogP contribution is 2.44. The number of alkyl halides is 3. The summed E-state index contributed by atoms with van der Waals surface area (Å²) in [4.78, 5) is 20.8. The number of Topliss-reactive ketones (excluding diaryl/α,β-unsaturated/α-hetero) is 1. The second kappa shape index (κ2) is 6.08. The summed E-state index contributed by atoms with van der Waals surface area (Å²) in [7, 11) is 0. The summed E-state index contributed by atoms with van der Waals surface area (Å²) >= 11 is 0. The molecule has 0 bridgehead atoms. The van der Waals surface area contributed by atoms with Gasteiger partial charge in [-0.25, -0.2) is 4.79 Å². The number of hydrogen-bond acceptors (Lipinski definition) is 3. The molecule has 1 aliphatic heterocycles. The van der Waals surface area contributed by atoms with Crippen molar-refractivity contribution in [3.05, 3.63) is 35.4 Å². The van der Waals surface area contributed by atoms with Crippen molar-refractivity contribution in [3.8, 4) is 0 Å². The maximum Gasteiger partial charge on any atom is 0.490 e. The first-order valence-electron chi connectivity index (χ1n) is 6.90. The number of fused-ring (bicyclic) bond motifs is 2. The van der Waals surface area contributed by atoms with E-state index in [-0.39, 0.29) is 5.41 Å². The predicted octanol–water partition coefficient (Wildman–Crippen LogP) is 2.53. The van der Waals surface area contributed by atoms with Gasteiger partial charge in [-0.05, 0) is 31.5 Å². The standard InChI is InChI=1S/C13H15NO.C2HF3O2/c15-12-9-13(5-7-14-8-6-13)11-4-2-1-3-10(11)12;3-2(4,5)1(6)7/h1-4,14H,5-9H2;(H,6,7). The summed E-state index contributed by atoms with van der Waals surface area (Å²) < 4.78 is 31.7. The lowest BCUT2D eigenvalue weighted by Crippen LogP contribution is -2.38. The van der Waals surface area contributed by atoms with Gasteiger partial charge in [0.15, 0.2) is 5.78 Å². The number of carboxylic acid groups (broad SMARTS) is 1. The number of nitrogens with one attached hydrogen (secondary N) is 1. The van der Waals surface area contributed by atoms with Crippen molar-refractivity contribution < 1.29 is 27.9 Å².